The Morgan fingerprint density at radius 3 is 2.64 bits per heavy atom. The molecular formula is C30H36N6O8. The van der Waals surface area contributed by atoms with E-state index in [9.17, 15) is 19.5 Å². The Labute approximate surface area is 254 Å². The van der Waals surface area contributed by atoms with E-state index in [2.05, 4.69) is 21.1 Å². The lowest BCUT2D eigenvalue weighted by molar-refractivity contribution is 0.0373. The summed E-state index contributed by atoms with van der Waals surface area (Å²) in [5.74, 6) is 1.11. The monoisotopic (exact) mass is 608 g/mol. The number of likely N-dealkylation sites (N-methyl/N-ethyl adjacent to an activating group) is 1. The third-order valence-electron chi connectivity index (χ3n) is 7.64. The molecule has 3 atom stereocenters. The highest BCUT2D eigenvalue weighted by Crippen LogP contribution is 2.36. The number of nitrogens with zero attached hydrogens (tertiary/aromatic N) is 3. The normalized spacial score (nSPS) is 18.0. The maximum atomic E-state index is 13.7. The second-order valence-corrected chi connectivity index (χ2v) is 11.0. The van der Waals surface area contributed by atoms with Crippen LogP contribution in [0.3, 0.4) is 0 Å². The SMILES string of the molecule is Cc1noc(C)c1NC(=O)N(C)C[C@@H]1Oc2c(NC(=O)Nc3ccc4c(c3)OCO4)cccc2C(=O)N([C@@H](C)CO)C[C@H]1C. The van der Waals surface area contributed by atoms with Crippen LogP contribution >= 0.6 is 0 Å². The second-order valence-electron chi connectivity index (χ2n) is 11.0. The zero-order valence-corrected chi connectivity index (χ0v) is 25.2. The quantitative estimate of drug-likeness (QED) is 0.309. The van der Waals surface area contributed by atoms with Crippen molar-refractivity contribution in [3.8, 4) is 17.2 Å². The van der Waals surface area contributed by atoms with Crippen LogP contribution in [0.15, 0.2) is 40.9 Å². The Balaban J connectivity index is 1.40. The number of aryl methyl sites for hydroxylation is 2. The molecule has 44 heavy (non-hydrogen) atoms. The maximum Gasteiger partial charge on any atom is 0.323 e. The minimum absolute atomic E-state index is 0.106. The molecule has 4 N–H and O–H groups in total. The van der Waals surface area contributed by atoms with Gasteiger partial charge in [0.2, 0.25) is 6.79 Å². The number of carbonyl (C=O) groups is 3. The lowest BCUT2D eigenvalue weighted by Crippen LogP contribution is -2.50. The molecular weight excluding hydrogens is 572 g/mol. The molecule has 0 spiro atoms. The number of hydrogen-bond donors (Lipinski definition) is 4. The zero-order valence-electron chi connectivity index (χ0n) is 25.2. The summed E-state index contributed by atoms with van der Waals surface area (Å²) in [5, 5.41) is 22.2. The van der Waals surface area contributed by atoms with Crippen molar-refractivity contribution in [1.82, 2.24) is 15.0 Å². The number of para-hydroxylation sites is 1. The van der Waals surface area contributed by atoms with Crippen molar-refractivity contribution in [2.45, 2.75) is 39.8 Å². The summed E-state index contributed by atoms with van der Waals surface area (Å²) < 4.78 is 22.3. The zero-order chi connectivity index (χ0) is 31.5. The number of amides is 5. The van der Waals surface area contributed by atoms with Gasteiger partial charge in [0.25, 0.3) is 5.91 Å². The van der Waals surface area contributed by atoms with Crippen LogP contribution in [0.1, 0.15) is 35.7 Å². The number of nitrogens with one attached hydrogen (secondary N) is 3. The van der Waals surface area contributed by atoms with Gasteiger partial charge >= 0.3 is 12.1 Å². The highest BCUT2D eigenvalue weighted by Gasteiger charge is 2.35. The molecule has 14 nitrogen and oxygen atoms in total. The molecule has 0 aliphatic carbocycles. The second kappa shape index (κ2) is 12.7. The van der Waals surface area contributed by atoms with E-state index in [1.165, 1.54) is 4.90 Å². The van der Waals surface area contributed by atoms with Crippen LogP contribution in [0, 0.1) is 19.8 Å². The number of urea groups is 2. The van der Waals surface area contributed by atoms with Crippen LogP contribution in [0.5, 0.6) is 17.2 Å². The highest BCUT2D eigenvalue weighted by atomic mass is 16.7. The van der Waals surface area contributed by atoms with Crippen LogP contribution in [0.2, 0.25) is 0 Å². The van der Waals surface area contributed by atoms with E-state index in [4.69, 9.17) is 18.7 Å². The molecule has 14 heteroatoms. The van der Waals surface area contributed by atoms with Gasteiger partial charge < -0.3 is 49.6 Å². The predicted octanol–water partition coefficient (Wildman–Crippen LogP) is 4.05. The molecule has 3 heterocycles. The Bertz CT molecular complexity index is 1540. The molecule has 2 aromatic carbocycles. The van der Waals surface area contributed by atoms with E-state index in [0.29, 0.717) is 34.3 Å². The van der Waals surface area contributed by atoms with Crippen LogP contribution in [0.4, 0.5) is 26.7 Å². The summed E-state index contributed by atoms with van der Waals surface area (Å²) in [6, 6.07) is 8.44. The van der Waals surface area contributed by atoms with E-state index in [0.717, 1.165) is 0 Å². The van der Waals surface area contributed by atoms with Gasteiger partial charge in [-0.2, -0.15) is 0 Å². The number of hydrogen-bond acceptors (Lipinski definition) is 9. The van der Waals surface area contributed by atoms with Gasteiger partial charge in [-0.3, -0.25) is 4.79 Å². The number of aliphatic hydroxyl groups excluding tert-OH is 1. The Kier molecular flexibility index (Phi) is 8.81. The maximum absolute atomic E-state index is 13.7. The van der Waals surface area contributed by atoms with Crippen molar-refractivity contribution in [2.24, 2.45) is 5.92 Å². The van der Waals surface area contributed by atoms with Gasteiger partial charge in [0.15, 0.2) is 23.0 Å². The van der Waals surface area contributed by atoms with Crippen molar-refractivity contribution in [3.63, 3.8) is 0 Å². The predicted molar refractivity (Wildman–Crippen MR) is 160 cm³/mol. The van der Waals surface area contributed by atoms with Gasteiger partial charge in [-0.05, 0) is 45.0 Å². The van der Waals surface area contributed by atoms with Crippen LogP contribution in [-0.4, -0.2) is 83.7 Å². The van der Waals surface area contributed by atoms with E-state index in [1.54, 1.807) is 69.1 Å². The molecule has 2 aliphatic rings. The van der Waals surface area contributed by atoms with E-state index >= 15 is 0 Å². The molecule has 2 aliphatic heterocycles. The molecule has 0 saturated carbocycles. The summed E-state index contributed by atoms with van der Waals surface area (Å²) in [7, 11) is 1.63. The first kappa shape index (κ1) is 30.5. The lowest BCUT2D eigenvalue weighted by atomic mass is 9.99. The average molecular weight is 609 g/mol. The number of fused-ring (bicyclic) bond motifs is 2. The van der Waals surface area contributed by atoms with Gasteiger partial charge in [-0.25, -0.2) is 9.59 Å². The van der Waals surface area contributed by atoms with Crippen LogP contribution in [0.25, 0.3) is 0 Å². The van der Waals surface area contributed by atoms with Crippen molar-refractivity contribution in [2.75, 3.05) is 49.5 Å². The molecule has 0 bridgehead atoms. The van der Waals surface area contributed by atoms with Crippen molar-refractivity contribution >= 4 is 35.0 Å². The van der Waals surface area contributed by atoms with Gasteiger partial charge in [-0.1, -0.05) is 18.1 Å². The van der Waals surface area contributed by atoms with Gasteiger partial charge in [0, 0.05) is 31.3 Å². The highest BCUT2D eigenvalue weighted by molar-refractivity contribution is 6.04. The first-order chi connectivity index (χ1) is 21.0. The first-order valence-corrected chi connectivity index (χ1v) is 14.2. The molecule has 5 amide bonds. The largest absolute Gasteiger partial charge is 0.485 e. The summed E-state index contributed by atoms with van der Waals surface area (Å²) in [6.07, 6.45) is -0.601. The van der Waals surface area contributed by atoms with E-state index in [1.807, 2.05) is 6.92 Å². The number of anilines is 3. The summed E-state index contributed by atoms with van der Waals surface area (Å²) in [6.45, 7) is 7.37. The lowest BCUT2D eigenvalue weighted by Gasteiger charge is -2.38. The Morgan fingerprint density at radius 2 is 1.91 bits per heavy atom. The van der Waals surface area contributed by atoms with Gasteiger partial charge in [-0.15, -0.1) is 0 Å². The number of rotatable bonds is 7. The number of ether oxygens (including phenoxy) is 3. The van der Waals surface area contributed by atoms with Gasteiger partial charge in [0.1, 0.15) is 17.5 Å². The minimum Gasteiger partial charge on any atom is -0.485 e. The summed E-state index contributed by atoms with van der Waals surface area (Å²) in [5.41, 5.74) is 1.99. The van der Waals surface area contributed by atoms with Crippen LogP contribution in [-0.2, 0) is 0 Å². The standard InChI is InChI=1S/C30H36N6O8/c1-16-12-36(17(2)14-37)28(38)21-7-6-8-22(32-29(39)31-20-9-10-23-24(11-20)42-15-41-23)27(21)43-25(16)13-35(5)30(40)33-26-18(3)34-44-19(26)4/h6-11,16-17,25,37H,12-15H2,1-5H3,(H,33,40)(H2,31,32,39)/t16-,17+,25+/m1/s1. The summed E-state index contributed by atoms with van der Waals surface area (Å²) >= 11 is 0. The minimum atomic E-state index is -0.601. The fraction of sp³-hybridized carbons (Fsp3) is 0.400. The molecule has 5 rings (SSSR count). The third kappa shape index (κ3) is 6.34. The van der Waals surface area contributed by atoms with Crippen LogP contribution < -0.4 is 30.2 Å². The molecule has 0 fully saturated rings. The average Bonchev–Trinajstić information content (AvgIpc) is 3.60. The molecule has 234 valence electrons. The van der Waals surface area contributed by atoms with Crippen molar-refractivity contribution < 1.29 is 38.2 Å². The fourth-order valence-corrected chi connectivity index (χ4v) is 5.04. The number of aromatic nitrogens is 1. The molecule has 0 radical (unpaired) electrons. The van der Waals surface area contributed by atoms with Crippen molar-refractivity contribution in [1.29, 1.82) is 0 Å². The third-order valence-corrected chi connectivity index (χ3v) is 7.64. The summed E-state index contributed by atoms with van der Waals surface area (Å²) in [4.78, 5) is 43.0. The molecule has 0 saturated heterocycles. The molecule has 0 unspecified atom stereocenters. The Morgan fingerprint density at radius 1 is 1.14 bits per heavy atom. The first-order valence-electron chi connectivity index (χ1n) is 14.2. The number of carbonyl (C=O) groups excluding carboxylic acids is 3. The molecule has 1 aromatic heterocycles. The molecule has 3 aromatic rings. The van der Waals surface area contributed by atoms with E-state index < -0.39 is 24.2 Å². The Hall–Kier alpha value is -4.98. The fourth-order valence-electron chi connectivity index (χ4n) is 5.04. The number of aliphatic hydroxyl groups is 1. The van der Waals surface area contributed by atoms with Gasteiger partial charge in [0.05, 0.1) is 30.4 Å². The van der Waals surface area contributed by atoms with Crippen molar-refractivity contribution in [3.05, 3.63) is 53.4 Å². The number of benzene rings is 2. The smallest absolute Gasteiger partial charge is 0.323 e. The topological polar surface area (TPSA) is 168 Å². The van der Waals surface area contributed by atoms with E-state index in [-0.39, 0.29) is 55.3 Å².